The predicted molar refractivity (Wildman–Crippen MR) is 55.9 cm³/mol. The van der Waals surface area contributed by atoms with Crippen LogP contribution in [0.1, 0.15) is 5.69 Å². The average Bonchev–Trinajstić information content (AvgIpc) is 2.67. The highest BCUT2D eigenvalue weighted by molar-refractivity contribution is 6.32. The van der Waals surface area contributed by atoms with Crippen LogP contribution in [-0.2, 0) is 5.88 Å². The highest BCUT2D eigenvalue weighted by Gasteiger charge is 2.04. The molecule has 72 valence electrons. The quantitative estimate of drug-likeness (QED) is 0.739. The maximum absolute atomic E-state index is 5.99. The molecule has 0 spiro atoms. The third-order valence-electron chi connectivity index (χ3n) is 1.78. The first kappa shape index (κ1) is 9.49. The minimum absolute atomic E-state index is 0.352. The maximum atomic E-state index is 5.99. The summed E-state index contributed by atoms with van der Waals surface area (Å²) in [6.07, 6.45) is 1.76. The average molecular weight is 228 g/mol. The van der Waals surface area contributed by atoms with Gasteiger partial charge in [-0.3, -0.25) is 0 Å². The molecule has 14 heavy (non-hydrogen) atoms. The van der Waals surface area contributed by atoms with Gasteiger partial charge in [0.05, 0.1) is 28.5 Å². The summed E-state index contributed by atoms with van der Waals surface area (Å²) in [7, 11) is 0. The Labute approximate surface area is 91.3 Å². The Morgan fingerprint density at radius 1 is 1.29 bits per heavy atom. The summed E-state index contributed by atoms with van der Waals surface area (Å²) in [6.45, 7) is 0. The number of halogens is 2. The monoisotopic (exact) mass is 227 g/mol. The second kappa shape index (κ2) is 3.98. The first-order chi connectivity index (χ1) is 6.81. The summed E-state index contributed by atoms with van der Waals surface area (Å²) < 4.78 is 1.61. The van der Waals surface area contributed by atoms with Gasteiger partial charge in [-0.2, -0.15) is 0 Å². The van der Waals surface area contributed by atoms with Crippen molar-refractivity contribution in [2.24, 2.45) is 0 Å². The molecule has 0 aliphatic rings. The lowest BCUT2D eigenvalue weighted by atomic mass is 10.3. The lowest BCUT2D eigenvalue weighted by molar-refractivity contribution is 0.800. The molecular formula is C9H7Cl2N3. The SMILES string of the molecule is ClCc1cn(-c2ccccc2Cl)nn1. The van der Waals surface area contributed by atoms with Crippen LogP contribution in [0.5, 0.6) is 0 Å². The zero-order valence-corrected chi connectivity index (χ0v) is 8.70. The number of rotatable bonds is 2. The fraction of sp³-hybridized carbons (Fsp3) is 0.111. The molecule has 0 saturated carbocycles. The number of benzene rings is 1. The number of hydrogen-bond donors (Lipinski definition) is 0. The molecule has 3 nitrogen and oxygen atoms in total. The molecule has 0 atom stereocenters. The van der Waals surface area contributed by atoms with Crippen molar-refractivity contribution in [3.63, 3.8) is 0 Å². The Hall–Kier alpha value is -1.06. The van der Waals surface area contributed by atoms with Gasteiger partial charge < -0.3 is 0 Å². The normalized spacial score (nSPS) is 10.4. The van der Waals surface area contributed by atoms with Crippen LogP contribution in [0, 0.1) is 0 Å². The van der Waals surface area contributed by atoms with Crippen molar-refractivity contribution in [3.05, 3.63) is 41.2 Å². The Morgan fingerprint density at radius 2 is 2.07 bits per heavy atom. The van der Waals surface area contributed by atoms with E-state index < -0.39 is 0 Å². The number of aromatic nitrogens is 3. The third-order valence-corrected chi connectivity index (χ3v) is 2.37. The van der Waals surface area contributed by atoms with Crippen molar-refractivity contribution < 1.29 is 0 Å². The van der Waals surface area contributed by atoms with Gasteiger partial charge in [-0.25, -0.2) is 4.68 Å². The van der Waals surface area contributed by atoms with Crippen LogP contribution in [0.25, 0.3) is 5.69 Å². The molecule has 0 radical (unpaired) electrons. The zero-order chi connectivity index (χ0) is 9.97. The van der Waals surface area contributed by atoms with Crippen molar-refractivity contribution in [1.29, 1.82) is 0 Å². The van der Waals surface area contributed by atoms with Crippen molar-refractivity contribution in [2.75, 3.05) is 0 Å². The summed E-state index contributed by atoms with van der Waals surface area (Å²) >= 11 is 11.6. The summed E-state index contributed by atoms with van der Waals surface area (Å²) in [5.74, 6) is 0.352. The molecule has 0 aliphatic heterocycles. The summed E-state index contributed by atoms with van der Waals surface area (Å²) in [5, 5.41) is 8.43. The molecule has 0 amide bonds. The summed E-state index contributed by atoms with van der Waals surface area (Å²) in [4.78, 5) is 0. The Kier molecular flexibility index (Phi) is 2.70. The zero-order valence-electron chi connectivity index (χ0n) is 7.19. The molecule has 0 bridgehead atoms. The van der Waals surface area contributed by atoms with E-state index in [0.29, 0.717) is 10.9 Å². The highest BCUT2D eigenvalue weighted by atomic mass is 35.5. The van der Waals surface area contributed by atoms with E-state index in [-0.39, 0.29) is 0 Å². The van der Waals surface area contributed by atoms with Gasteiger partial charge in [0.2, 0.25) is 0 Å². The number of nitrogens with zero attached hydrogens (tertiary/aromatic N) is 3. The van der Waals surface area contributed by atoms with Gasteiger partial charge in [-0.15, -0.1) is 16.7 Å². The molecule has 0 unspecified atom stereocenters. The van der Waals surface area contributed by atoms with Crippen LogP contribution in [0.4, 0.5) is 0 Å². The van der Waals surface area contributed by atoms with E-state index in [1.807, 2.05) is 18.2 Å². The van der Waals surface area contributed by atoms with Gasteiger partial charge in [-0.1, -0.05) is 28.9 Å². The van der Waals surface area contributed by atoms with Crippen molar-refractivity contribution in [2.45, 2.75) is 5.88 Å². The number of alkyl halides is 1. The van der Waals surface area contributed by atoms with E-state index in [0.717, 1.165) is 11.4 Å². The molecule has 1 aromatic heterocycles. The van der Waals surface area contributed by atoms with Crippen LogP contribution in [-0.4, -0.2) is 15.0 Å². The summed E-state index contributed by atoms with van der Waals surface area (Å²) in [5.41, 5.74) is 1.53. The Bertz CT molecular complexity index is 439. The molecule has 5 heteroatoms. The topological polar surface area (TPSA) is 30.7 Å². The van der Waals surface area contributed by atoms with Crippen LogP contribution < -0.4 is 0 Å². The van der Waals surface area contributed by atoms with Gasteiger partial charge in [0.15, 0.2) is 0 Å². The largest absolute Gasteiger partial charge is 0.219 e. The summed E-state index contributed by atoms with van der Waals surface area (Å²) in [6, 6.07) is 7.43. The minimum Gasteiger partial charge on any atom is -0.219 e. The van der Waals surface area contributed by atoms with Gasteiger partial charge in [-0.05, 0) is 12.1 Å². The lowest BCUT2D eigenvalue weighted by Gasteiger charge is -2.00. The molecule has 2 aromatic rings. The molecule has 0 N–H and O–H groups in total. The molecule has 1 aromatic carbocycles. The second-order valence-corrected chi connectivity index (χ2v) is 3.41. The van der Waals surface area contributed by atoms with Crippen LogP contribution in [0.2, 0.25) is 5.02 Å². The van der Waals surface area contributed by atoms with Crippen LogP contribution in [0.3, 0.4) is 0 Å². The molecule has 0 fully saturated rings. The van der Waals surface area contributed by atoms with Gasteiger partial charge in [0.1, 0.15) is 0 Å². The molecule has 1 heterocycles. The Morgan fingerprint density at radius 3 is 2.71 bits per heavy atom. The van der Waals surface area contributed by atoms with E-state index >= 15 is 0 Å². The first-order valence-corrected chi connectivity index (χ1v) is 4.94. The van der Waals surface area contributed by atoms with Crippen LogP contribution in [0.15, 0.2) is 30.5 Å². The second-order valence-electron chi connectivity index (χ2n) is 2.74. The molecule has 0 aliphatic carbocycles. The van der Waals surface area contributed by atoms with E-state index in [4.69, 9.17) is 23.2 Å². The van der Waals surface area contributed by atoms with Gasteiger partial charge in [0, 0.05) is 0 Å². The van der Waals surface area contributed by atoms with E-state index in [1.54, 1.807) is 16.9 Å². The molecule has 2 rings (SSSR count). The van der Waals surface area contributed by atoms with Crippen molar-refractivity contribution in [1.82, 2.24) is 15.0 Å². The lowest BCUT2D eigenvalue weighted by Crippen LogP contribution is -1.95. The highest BCUT2D eigenvalue weighted by Crippen LogP contribution is 2.18. The van der Waals surface area contributed by atoms with Crippen LogP contribution >= 0.6 is 23.2 Å². The smallest absolute Gasteiger partial charge is 0.0979 e. The van der Waals surface area contributed by atoms with E-state index in [9.17, 15) is 0 Å². The minimum atomic E-state index is 0.352. The van der Waals surface area contributed by atoms with Crippen molar-refractivity contribution in [3.8, 4) is 5.69 Å². The van der Waals surface area contributed by atoms with Crippen molar-refractivity contribution >= 4 is 23.2 Å². The number of hydrogen-bond acceptors (Lipinski definition) is 2. The Balaban J connectivity index is 2.44. The molecular weight excluding hydrogens is 221 g/mol. The third kappa shape index (κ3) is 1.74. The van der Waals surface area contributed by atoms with E-state index in [2.05, 4.69) is 10.3 Å². The van der Waals surface area contributed by atoms with Gasteiger partial charge in [0.25, 0.3) is 0 Å². The fourth-order valence-corrected chi connectivity index (χ4v) is 1.46. The van der Waals surface area contributed by atoms with E-state index in [1.165, 1.54) is 0 Å². The maximum Gasteiger partial charge on any atom is 0.0979 e. The first-order valence-electron chi connectivity index (χ1n) is 4.03. The predicted octanol–water partition coefficient (Wildman–Crippen LogP) is 2.66. The molecule has 0 saturated heterocycles. The fourth-order valence-electron chi connectivity index (χ4n) is 1.11. The van der Waals surface area contributed by atoms with Gasteiger partial charge >= 0.3 is 0 Å². The number of para-hydroxylation sites is 1. The standard InChI is InChI=1S/C9H7Cl2N3/c10-5-7-6-14(13-12-7)9-4-2-1-3-8(9)11/h1-4,6H,5H2.